The average Bonchev–Trinajstić information content (AvgIpc) is 2.85. The van der Waals surface area contributed by atoms with E-state index in [9.17, 15) is 9.59 Å². The Kier molecular flexibility index (Phi) is 4.20. The Morgan fingerprint density at radius 3 is 2.53 bits per heavy atom. The largest absolute Gasteiger partial charge is 0.466 e. The van der Waals surface area contributed by atoms with Crippen LogP contribution in [0.5, 0.6) is 0 Å². The third-order valence-corrected chi connectivity index (χ3v) is 3.58. The molecule has 0 saturated carbocycles. The summed E-state index contributed by atoms with van der Waals surface area (Å²) in [7, 11) is 0. The summed E-state index contributed by atoms with van der Waals surface area (Å²) in [6.45, 7) is 4.75. The summed E-state index contributed by atoms with van der Waals surface area (Å²) >= 11 is 0. The molecule has 2 atom stereocenters. The number of hydrogen-bond donors (Lipinski definition) is 0. The topological polar surface area (TPSA) is 46.6 Å². The number of nitrogens with zero attached hydrogens (tertiary/aromatic N) is 1. The van der Waals surface area contributed by atoms with Crippen LogP contribution in [0.2, 0.25) is 0 Å². The molecular weight excluding hydrogens is 242 g/mol. The molecule has 1 aliphatic heterocycles. The predicted molar refractivity (Wildman–Crippen MR) is 71.6 cm³/mol. The predicted octanol–water partition coefficient (Wildman–Crippen LogP) is 1.81. The number of hydrogen-bond acceptors (Lipinski definition) is 3. The molecule has 4 nitrogen and oxygen atoms in total. The van der Waals surface area contributed by atoms with Gasteiger partial charge in [0.25, 0.3) is 0 Å². The molecule has 19 heavy (non-hydrogen) atoms. The number of benzene rings is 1. The van der Waals surface area contributed by atoms with Gasteiger partial charge in [-0.25, -0.2) is 0 Å². The standard InChI is InChI=1S/C15H19NO3/c1-3-19-15(18)14-10-16(11(2)17)9-13(14)12-7-5-4-6-8-12/h4-8,13-14H,3,9-10H2,1-2H3/t13-,14+/m0/s1. The molecule has 2 rings (SSSR count). The van der Waals surface area contributed by atoms with E-state index in [2.05, 4.69) is 0 Å². The molecule has 0 radical (unpaired) electrons. The highest BCUT2D eigenvalue weighted by Gasteiger charge is 2.40. The van der Waals surface area contributed by atoms with Gasteiger partial charge in [0, 0.05) is 25.9 Å². The zero-order chi connectivity index (χ0) is 13.8. The van der Waals surface area contributed by atoms with Crippen LogP contribution in [0.3, 0.4) is 0 Å². The summed E-state index contributed by atoms with van der Waals surface area (Å²) in [5, 5.41) is 0. The number of ether oxygens (including phenoxy) is 1. The van der Waals surface area contributed by atoms with E-state index >= 15 is 0 Å². The van der Waals surface area contributed by atoms with Gasteiger partial charge in [-0.3, -0.25) is 9.59 Å². The molecule has 0 N–H and O–H groups in total. The highest BCUT2D eigenvalue weighted by atomic mass is 16.5. The maximum absolute atomic E-state index is 12.0. The molecule has 102 valence electrons. The fourth-order valence-corrected chi connectivity index (χ4v) is 2.59. The summed E-state index contributed by atoms with van der Waals surface area (Å²) in [4.78, 5) is 25.3. The fraction of sp³-hybridized carbons (Fsp3) is 0.467. The van der Waals surface area contributed by atoms with Gasteiger partial charge < -0.3 is 9.64 Å². The number of esters is 1. The number of carbonyl (C=O) groups is 2. The van der Waals surface area contributed by atoms with Gasteiger partial charge in [0.1, 0.15) is 0 Å². The van der Waals surface area contributed by atoms with E-state index in [0.29, 0.717) is 19.7 Å². The molecule has 0 aromatic heterocycles. The molecule has 1 aromatic carbocycles. The zero-order valence-electron chi connectivity index (χ0n) is 11.3. The van der Waals surface area contributed by atoms with E-state index in [4.69, 9.17) is 4.74 Å². The molecule has 0 aliphatic carbocycles. The number of amides is 1. The fourth-order valence-electron chi connectivity index (χ4n) is 2.59. The first-order chi connectivity index (χ1) is 9.13. The first kappa shape index (κ1) is 13.6. The lowest BCUT2D eigenvalue weighted by Gasteiger charge is -2.16. The molecule has 1 aromatic rings. The van der Waals surface area contributed by atoms with Gasteiger partial charge in [-0.2, -0.15) is 0 Å². The van der Waals surface area contributed by atoms with E-state index < -0.39 is 0 Å². The van der Waals surface area contributed by atoms with Crippen molar-refractivity contribution in [2.24, 2.45) is 5.92 Å². The quantitative estimate of drug-likeness (QED) is 0.780. The van der Waals surface area contributed by atoms with Crippen molar-refractivity contribution >= 4 is 11.9 Å². The molecule has 4 heteroatoms. The average molecular weight is 261 g/mol. The van der Waals surface area contributed by atoms with Crippen LogP contribution in [0.1, 0.15) is 25.3 Å². The van der Waals surface area contributed by atoms with Gasteiger partial charge in [-0.1, -0.05) is 30.3 Å². The minimum absolute atomic E-state index is 0.00716. The third kappa shape index (κ3) is 2.95. The van der Waals surface area contributed by atoms with Gasteiger partial charge in [0.15, 0.2) is 0 Å². The molecule has 0 unspecified atom stereocenters. The normalized spacial score (nSPS) is 22.3. The Hall–Kier alpha value is -1.84. The highest BCUT2D eigenvalue weighted by Crippen LogP contribution is 2.33. The van der Waals surface area contributed by atoms with Crippen molar-refractivity contribution in [3.05, 3.63) is 35.9 Å². The minimum atomic E-state index is -0.258. The maximum atomic E-state index is 12.0. The molecule has 1 fully saturated rings. The van der Waals surface area contributed by atoms with Crippen LogP contribution in [0.15, 0.2) is 30.3 Å². The van der Waals surface area contributed by atoms with Crippen LogP contribution in [0.25, 0.3) is 0 Å². The van der Waals surface area contributed by atoms with E-state index in [1.807, 2.05) is 30.3 Å². The van der Waals surface area contributed by atoms with Gasteiger partial charge >= 0.3 is 5.97 Å². The smallest absolute Gasteiger partial charge is 0.311 e. The first-order valence-electron chi connectivity index (χ1n) is 6.60. The van der Waals surface area contributed by atoms with Crippen molar-refractivity contribution < 1.29 is 14.3 Å². The lowest BCUT2D eigenvalue weighted by atomic mass is 9.89. The van der Waals surface area contributed by atoms with Crippen molar-refractivity contribution in [3.8, 4) is 0 Å². The molecule has 1 aliphatic rings. The van der Waals surface area contributed by atoms with Crippen LogP contribution in [-0.2, 0) is 14.3 Å². The second-order valence-electron chi connectivity index (χ2n) is 4.80. The number of likely N-dealkylation sites (tertiary alicyclic amines) is 1. The Morgan fingerprint density at radius 1 is 1.26 bits per heavy atom. The molecule has 0 spiro atoms. The Balaban J connectivity index is 2.22. The van der Waals surface area contributed by atoms with Gasteiger partial charge in [-0.15, -0.1) is 0 Å². The van der Waals surface area contributed by atoms with Crippen LogP contribution in [-0.4, -0.2) is 36.5 Å². The zero-order valence-corrected chi connectivity index (χ0v) is 11.3. The first-order valence-corrected chi connectivity index (χ1v) is 6.60. The third-order valence-electron chi connectivity index (χ3n) is 3.58. The molecule has 0 bridgehead atoms. The van der Waals surface area contributed by atoms with Crippen molar-refractivity contribution in [2.75, 3.05) is 19.7 Å². The Labute approximate surface area is 113 Å². The lowest BCUT2D eigenvalue weighted by molar-refractivity contribution is -0.148. The summed E-state index contributed by atoms with van der Waals surface area (Å²) < 4.78 is 5.13. The summed E-state index contributed by atoms with van der Waals surface area (Å²) in [6, 6.07) is 9.85. The van der Waals surface area contributed by atoms with Crippen molar-refractivity contribution in [1.82, 2.24) is 4.90 Å². The molecule has 1 amide bonds. The summed E-state index contributed by atoms with van der Waals surface area (Å²) in [5.74, 6) is -0.428. The van der Waals surface area contributed by atoms with Crippen LogP contribution >= 0.6 is 0 Å². The van der Waals surface area contributed by atoms with Gasteiger partial charge in [-0.05, 0) is 12.5 Å². The van der Waals surface area contributed by atoms with Crippen LogP contribution in [0, 0.1) is 5.92 Å². The second kappa shape index (κ2) is 5.87. The SMILES string of the molecule is CCOC(=O)[C@@H]1CN(C(C)=O)C[C@H]1c1ccccc1. The molecule has 1 heterocycles. The molecule has 1 saturated heterocycles. The minimum Gasteiger partial charge on any atom is -0.466 e. The van der Waals surface area contributed by atoms with E-state index in [1.54, 1.807) is 11.8 Å². The summed E-state index contributed by atoms with van der Waals surface area (Å²) in [6.07, 6.45) is 0. The second-order valence-corrected chi connectivity index (χ2v) is 4.80. The van der Waals surface area contributed by atoms with E-state index in [1.165, 1.54) is 6.92 Å². The maximum Gasteiger partial charge on any atom is 0.311 e. The Morgan fingerprint density at radius 2 is 1.95 bits per heavy atom. The van der Waals surface area contributed by atoms with Gasteiger partial charge in [0.05, 0.1) is 12.5 Å². The van der Waals surface area contributed by atoms with Crippen LogP contribution in [0.4, 0.5) is 0 Å². The van der Waals surface area contributed by atoms with Crippen molar-refractivity contribution in [2.45, 2.75) is 19.8 Å². The monoisotopic (exact) mass is 261 g/mol. The van der Waals surface area contributed by atoms with Gasteiger partial charge in [0.2, 0.25) is 5.91 Å². The lowest BCUT2D eigenvalue weighted by Crippen LogP contribution is -2.28. The Bertz CT molecular complexity index is 458. The van der Waals surface area contributed by atoms with Crippen LogP contribution < -0.4 is 0 Å². The number of rotatable bonds is 3. The molecular formula is C15H19NO3. The highest BCUT2D eigenvalue weighted by molar-refractivity contribution is 5.79. The number of carbonyl (C=O) groups excluding carboxylic acids is 2. The van der Waals surface area contributed by atoms with E-state index in [-0.39, 0.29) is 23.7 Å². The van der Waals surface area contributed by atoms with Crippen molar-refractivity contribution in [3.63, 3.8) is 0 Å². The van der Waals surface area contributed by atoms with E-state index in [0.717, 1.165) is 5.56 Å². The summed E-state index contributed by atoms with van der Waals surface area (Å²) in [5.41, 5.74) is 1.09. The van der Waals surface area contributed by atoms with Crippen molar-refractivity contribution in [1.29, 1.82) is 0 Å².